The van der Waals surface area contributed by atoms with Crippen LogP contribution in [0.25, 0.3) is 0 Å². The summed E-state index contributed by atoms with van der Waals surface area (Å²) in [6, 6.07) is -0.841. The van der Waals surface area contributed by atoms with E-state index in [9.17, 15) is 35.1 Å². The van der Waals surface area contributed by atoms with Crippen LogP contribution >= 0.6 is 0 Å². The predicted octanol–water partition coefficient (Wildman–Crippen LogP) is 15.6. The standard InChI is InChI=1S/C67H119NO10/c1-3-5-7-9-11-13-15-16-30-34-37-41-45-49-53-60(70)59(58-77-67-66(75)65(74)64(73)61(57-69)78-67)68-62(71)54-50-46-42-38-35-31-28-26-24-22-20-18-17-19-21-23-25-27-29-32-36-40-44-48-52-56-76-63(72)55-51-47-43-39-33-14-12-10-8-6-4-2/h10,12-13,15,18-21,34,37,49,53,59-61,64-67,69-70,73-75H,3-9,11,14,16-17,22-33,35-36,38-48,50-52,54-58H2,1-2H3,(H,68,71)/b12-10-,15-13+,20-18-,21-19-,37-34+,53-49+. The highest BCUT2D eigenvalue weighted by atomic mass is 16.7. The number of carbonyl (C=O) groups excluding carboxylic acids is 2. The molecule has 0 aromatic rings. The van der Waals surface area contributed by atoms with E-state index in [1.807, 2.05) is 6.08 Å². The van der Waals surface area contributed by atoms with Crippen LogP contribution in [0, 0.1) is 0 Å². The van der Waals surface area contributed by atoms with Crippen LogP contribution in [0.5, 0.6) is 0 Å². The Kier molecular flexibility index (Phi) is 52.5. The summed E-state index contributed by atoms with van der Waals surface area (Å²) in [4.78, 5) is 25.1. The number of aliphatic hydroxyl groups excluding tert-OH is 5. The van der Waals surface area contributed by atoms with E-state index in [4.69, 9.17) is 14.2 Å². The Morgan fingerprint density at radius 1 is 0.474 bits per heavy atom. The lowest BCUT2D eigenvalue weighted by Crippen LogP contribution is -2.60. The molecule has 0 saturated carbocycles. The van der Waals surface area contributed by atoms with Crippen LogP contribution in [0.3, 0.4) is 0 Å². The number of rotatable bonds is 55. The number of unbranched alkanes of at least 4 members (excludes halogenated alkanes) is 31. The molecule has 0 spiro atoms. The molecular weight excluding hydrogens is 979 g/mol. The van der Waals surface area contributed by atoms with E-state index in [0.29, 0.717) is 19.4 Å². The number of ether oxygens (including phenoxy) is 3. The van der Waals surface area contributed by atoms with Gasteiger partial charge >= 0.3 is 5.97 Å². The Balaban J connectivity index is 2.08. The third-order valence-electron chi connectivity index (χ3n) is 14.7. The molecule has 0 aromatic carbocycles. The van der Waals surface area contributed by atoms with Crippen molar-refractivity contribution in [3.8, 4) is 0 Å². The highest BCUT2D eigenvalue weighted by Gasteiger charge is 2.44. The maximum absolute atomic E-state index is 13.0. The lowest BCUT2D eigenvalue weighted by Gasteiger charge is -2.40. The summed E-state index contributed by atoms with van der Waals surface area (Å²) < 4.78 is 16.7. The zero-order chi connectivity index (χ0) is 56.6. The van der Waals surface area contributed by atoms with Crippen molar-refractivity contribution in [3.05, 3.63) is 72.9 Å². The molecule has 1 aliphatic rings. The number of nitrogens with one attached hydrogen (secondary N) is 1. The normalized spacial score (nSPS) is 19.0. The van der Waals surface area contributed by atoms with Crippen LogP contribution in [0.15, 0.2) is 72.9 Å². The monoisotopic (exact) mass is 1100 g/mol. The van der Waals surface area contributed by atoms with Crippen LogP contribution in [-0.4, -0.2) is 100 Å². The molecule has 1 rings (SSSR count). The smallest absolute Gasteiger partial charge is 0.305 e. The Labute approximate surface area is 477 Å². The van der Waals surface area contributed by atoms with Gasteiger partial charge in [-0.3, -0.25) is 9.59 Å². The number of aliphatic hydroxyl groups is 5. The minimum atomic E-state index is -1.58. The highest BCUT2D eigenvalue weighted by molar-refractivity contribution is 5.76. The Morgan fingerprint density at radius 3 is 1.38 bits per heavy atom. The van der Waals surface area contributed by atoms with Gasteiger partial charge in [-0.25, -0.2) is 0 Å². The van der Waals surface area contributed by atoms with Gasteiger partial charge in [0, 0.05) is 12.8 Å². The van der Waals surface area contributed by atoms with Gasteiger partial charge in [-0.2, -0.15) is 0 Å². The molecule has 1 fully saturated rings. The highest BCUT2D eigenvalue weighted by Crippen LogP contribution is 2.23. The molecule has 1 heterocycles. The van der Waals surface area contributed by atoms with E-state index in [-0.39, 0.29) is 18.5 Å². The van der Waals surface area contributed by atoms with Gasteiger partial charge in [-0.15, -0.1) is 0 Å². The number of amides is 1. The molecule has 452 valence electrons. The van der Waals surface area contributed by atoms with Crippen molar-refractivity contribution >= 4 is 11.9 Å². The zero-order valence-electron chi connectivity index (χ0n) is 49.9. The van der Waals surface area contributed by atoms with Crippen LogP contribution < -0.4 is 5.32 Å². The molecule has 1 amide bonds. The van der Waals surface area contributed by atoms with E-state index in [2.05, 4.69) is 79.9 Å². The fourth-order valence-electron chi connectivity index (χ4n) is 9.59. The number of esters is 1. The van der Waals surface area contributed by atoms with Gasteiger partial charge in [0.05, 0.1) is 32.0 Å². The lowest BCUT2D eigenvalue weighted by atomic mass is 9.99. The second kappa shape index (κ2) is 56.0. The maximum Gasteiger partial charge on any atom is 0.305 e. The van der Waals surface area contributed by atoms with Crippen LogP contribution in [0.1, 0.15) is 277 Å². The summed E-state index contributed by atoms with van der Waals surface area (Å²) >= 11 is 0. The first-order valence-corrected chi connectivity index (χ1v) is 32.2. The van der Waals surface area contributed by atoms with Crippen molar-refractivity contribution in [3.63, 3.8) is 0 Å². The van der Waals surface area contributed by atoms with E-state index in [1.165, 1.54) is 154 Å². The summed E-state index contributed by atoms with van der Waals surface area (Å²) in [6.07, 6.45) is 64.3. The van der Waals surface area contributed by atoms with Crippen molar-refractivity contribution in [1.29, 1.82) is 0 Å². The van der Waals surface area contributed by atoms with Crippen molar-refractivity contribution in [2.45, 2.75) is 320 Å². The van der Waals surface area contributed by atoms with Gasteiger partial charge in [0.2, 0.25) is 5.91 Å². The first-order chi connectivity index (χ1) is 38.2. The van der Waals surface area contributed by atoms with Crippen LogP contribution in [0.2, 0.25) is 0 Å². The molecule has 0 bridgehead atoms. The summed E-state index contributed by atoms with van der Waals surface area (Å²) in [5.41, 5.74) is 0. The SMILES string of the molecule is CCCC/C=C\CCCCCCCC(=O)OCCCCCCCCCCC/C=C\C/C=C\CCCCCCCCCCCC(=O)NC(COC1OC(CO)C(O)C(O)C1O)C(O)/C=C/CC/C=C/CC/C=C/CCCCCC. The van der Waals surface area contributed by atoms with E-state index < -0.39 is 49.5 Å². The Hall–Kier alpha value is -2.90. The molecule has 11 heteroatoms. The van der Waals surface area contributed by atoms with Gasteiger partial charge in [0.25, 0.3) is 0 Å². The number of allylic oxidation sites excluding steroid dienone is 11. The van der Waals surface area contributed by atoms with Crippen molar-refractivity contribution in [2.75, 3.05) is 19.8 Å². The molecule has 78 heavy (non-hydrogen) atoms. The lowest BCUT2D eigenvalue weighted by molar-refractivity contribution is -0.302. The molecule has 0 aromatic heterocycles. The molecule has 1 saturated heterocycles. The molecule has 0 aliphatic carbocycles. The third kappa shape index (κ3) is 44.8. The minimum Gasteiger partial charge on any atom is -0.466 e. The first kappa shape index (κ1) is 73.1. The van der Waals surface area contributed by atoms with E-state index in [1.54, 1.807) is 6.08 Å². The Bertz CT molecular complexity index is 1520. The van der Waals surface area contributed by atoms with Gasteiger partial charge in [-0.05, 0) is 109 Å². The Morgan fingerprint density at radius 2 is 0.885 bits per heavy atom. The fourth-order valence-corrected chi connectivity index (χ4v) is 9.59. The summed E-state index contributed by atoms with van der Waals surface area (Å²) in [7, 11) is 0. The van der Waals surface area contributed by atoms with Gasteiger partial charge in [0.1, 0.15) is 24.4 Å². The fraction of sp³-hybridized carbons (Fsp3) is 0.791. The topological polar surface area (TPSA) is 175 Å². The average molecular weight is 1100 g/mol. The van der Waals surface area contributed by atoms with Crippen LogP contribution in [0.4, 0.5) is 0 Å². The minimum absolute atomic E-state index is 0.0142. The molecule has 1 aliphatic heterocycles. The van der Waals surface area contributed by atoms with Crippen LogP contribution in [-0.2, 0) is 23.8 Å². The van der Waals surface area contributed by atoms with Gasteiger partial charge in [0.15, 0.2) is 6.29 Å². The summed E-state index contributed by atoms with van der Waals surface area (Å²) in [5.74, 6) is -0.218. The largest absolute Gasteiger partial charge is 0.466 e. The predicted molar refractivity (Wildman–Crippen MR) is 324 cm³/mol. The van der Waals surface area contributed by atoms with Crippen molar-refractivity contribution < 1.29 is 49.3 Å². The zero-order valence-corrected chi connectivity index (χ0v) is 49.9. The van der Waals surface area contributed by atoms with Crippen molar-refractivity contribution in [1.82, 2.24) is 5.32 Å². The second-order valence-corrected chi connectivity index (χ2v) is 22.1. The quantitative estimate of drug-likeness (QED) is 0.0195. The summed E-state index contributed by atoms with van der Waals surface area (Å²) in [6.45, 7) is 4.25. The van der Waals surface area contributed by atoms with Gasteiger partial charge < -0.3 is 45.1 Å². The average Bonchev–Trinajstić information content (AvgIpc) is 3.45. The second-order valence-electron chi connectivity index (χ2n) is 22.1. The van der Waals surface area contributed by atoms with E-state index >= 15 is 0 Å². The molecular formula is C67H119NO10. The maximum atomic E-state index is 13.0. The van der Waals surface area contributed by atoms with E-state index in [0.717, 1.165) is 96.3 Å². The molecule has 0 radical (unpaired) electrons. The molecule has 7 unspecified atom stereocenters. The number of hydrogen-bond acceptors (Lipinski definition) is 10. The molecule has 6 N–H and O–H groups in total. The third-order valence-corrected chi connectivity index (χ3v) is 14.7. The molecule has 11 nitrogen and oxygen atoms in total. The summed E-state index contributed by atoms with van der Waals surface area (Å²) in [5, 5.41) is 54.4. The number of carbonyl (C=O) groups is 2. The first-order valence-electron chi connectivity index (χ1n) is 32.2. The number of hydrogen-bond donors (Lipinski definition) is 6. The van der Waals surface area contributed by atoms with Crippen molar-refractivity contribution in [2.24, 2.45) is 0 Å². The molecule has 7 atom stereocenters. The van der Waals surface area contributed by atoms with Gasteiger partial charge in [-0.1, -0.05) is 228 Å².